The number of Topliss-reactive ketones (excluding diaryl/α,β-unsaturated/α-hetero) is 1. The summed E-state index contributed by atoms with van der Waals surface area (Å²) < 4.78 is 13.8. The summed E-state index contributed by atoms with van der Waals surface area (Å²) in [5, 5.41) is 9.69. The van der Waals surface area contributed by atoms with Crippen LogP contribution in [0.15, 0.2) is 22.5 Å². The number of carbonyl (C=O) groups is 1. The molecule has 18 heavy (non-hydrogen) atoms. The van der Waals surface area contributed by atoms with Crippen molar-refractivity contribution in [2.24, 2.45) is 10.3 Å². The highest BCUT2D eigenvalue weighted by Gasteiger charge is 2.14. The molecule has 0 amide bonds. The van der Waals surface area contributed by atoms with Crippen molar-refractivity contribution in [2.75, 3.05) is 13.1 Å². The highest BCUT2D eigenvalue weighted by atomic mass is 19.1. The van der Waals surface area contributed by atoms with E-state index in [-0.39, 0.29) is 17.0 Å². The highest BCUT2D eigenvalue weighted by Crippen LogP contribution is 2.26. The average molecular weight is 249 g/mol. The third-order valence-corrected chi connectivity index (χ3v) is 2.94. The predicted molar refractivity (Wildman–Crippen MR) is 66.5 cm³/mol. The number of hydrogen-bond acceptors (Lipinski definition) is 3. The van der Waals surface area contributed by atoms with Crippen molar-refractivity contribution in [1.29, 1.82) is 0 Å². The fourth-order valence-electron chi connectivity index (χ4n) is 2.00. The molecule has 5 heteroatoms. The van der Waals surface area contributed by atoms with Crippen LogP contribution in [-0.4, -0.2) is 23.9 Å². The van der Waals surface area contributed by atoms with E-state index >= 15 is 0 Å². The van der Waals surface area contributed by atoms with Gasteiger partial charge in [0.05, 0.1) is 0 Å². The van der Waals surface area contributed by atoms with Gasteiger partial charge in [-0.15, -0.1) is 5.11 Å². The van der Waals surface area contributed by atoms with Crippen molar-refractivity contribution >= 4 is 11.5 Å². The van der Waals surface area contributed by atoms with E-state index in [4.69, 9.17) is 0 Å². The lowest BCUT2D eigenvalue weighted by Gasteiger charge is -2.09. The van der Waals surface area contributed by atoms with Gasteiger partial charge in [0.25, 0.3) is 0 Å². The third-order valence-electron chi connectivity index (χ3n) is 2.94. The minimum atomic E-state index is -0.497. The Bertz CT molecular complexity index is 493. The monoisotopic (exact) mass is 249 g/mol. The van der Waals surface area contributed by atoms with Crippen molar-refractivity contribution in [1.82, 2.24) is 5.01 Å². The molecule has 0 bridgehead atoms. The molecule has 1 aromatic rings. The number of aryl methyl sites for hydroxylation is 1. The topological polar surface area (TPSA) is 45.0 Å². The van der Waals surface area contributed by atoms with Crippen molar-refractivity contribution < 1.29 is 9.18 Å². The summed E-state index contributed by atoms with van der Waals surface area (Å²) in [5.41, 5.74) is 1.04. The Balaban J connectivity index is 2.33. The van der Waals surface area contributed by atoms with E-state index in [1.54, 1.807) is 18.0 Å². The molecule has 0 spiro atoms. The van der Waals surface area contributed by atoms with E-state index in [2.05, 4.69) is 10.3 Å². The number of ketones is 1. The molecule has 0 saturated carbocycles. The highest BCUT2D eigenvalue weighted by molar-refractivity contribution is 5.99. The van der Waals surface area contributed by atoms with Gasteiger partial charge in [0, 0.05) is 18.7 Å². The van der Waals surface area contributed by atoms with Gasteiger partial charge in [-0.3, -0.25) is 9.80 Å². The Kier molecular flexibility index (Phi) is 3.69. The summed E-state index contributed by atoms with van der Waals surface area (Å²) in [4.78, 5) is 11.5. The van der Waals surface area contributed by atoms with E-state index in [0.717, 1.165) is 25.9 Å². The molecule has 1 aliphatic heterocycles. The molecule has 1 aliphatic rings. The Morgan fingerprint density at radius 1 is 1.33 bits per heavy atom. The molecule has 0 radical (unpaired) electrons. The van der Waals surface area contributed by atoms with Crippen LogP contribution in [0.2, 0.25) is 0 Å². The van der Waals surface area contributed by atoms with E-state index in [0.29, 0.717) is 5.56 Å². The molecule has 0 N–H and O–H groups in total. The van der Waals surface area contributed by atoms with Gasteiger partial charge in [-0.05, 0) is 44.4 Å². The summed E-state index contributed by atoms with van der Waals surface area (Å²) in [7, 11) is 0. The number of halogens is 1. The molecule has 1 heterocycles. The lowest BCUT2D eigenvalue weighted by molar-refractivity contribution is 0.101. The van der Waals surface area contributed by atoms with E-state index in [1.165, 1.54) is 13.0 Å². The molecular weight excluding hydrogens is 233 g/mol. The molecule has 0 unspecified atom stereocenters. The van der Waals surface area contributed by atoms with Gasteiger partial charge in [0.1, 0.15) is 5.69 Å². The van der Waals surface area contributed by atoms with Crippen LogP contribution in [0.1, 0.15) is 35.7 Å². The molecule has 1 fully saturated rings. The van der Waals surface area contributed by atoms with Gasteiger partial charge in [-0.25, -0.2) is 4.39 Å². The number of benzene rings is 1. The summed E-state index contributed by atoms with van der Waals surface area (Å²) >= 11 is 0. The average Bonchev–Trinajstić information content (AvgIpc) is 2.79. The first-order valence-corrected chi connectivity index (χ1v) is 6.05. The second kappa shape index (κ2) is 5.25. The van der Waals surface area contributed by atoms with Crippen LogP contribution in [-0.2, 0) is 0 Å². The third kappa shape index (κ3) is 2.72. The molecule has 0 atom stereocenters. The fraction of sp³-hybridized carbons (Fsp3) is 0.462. The standard InChI is InChI=1S/C13H16FN3O/c1-9-7-11(10(2)18)13(12(14)8-9)15-16-17-5-3-4-6-17/h7-8H,3-6H2,1-2H3. The lowest BCUT2D eigenvalue weighted by Crippen LogP contribution is -2.09. The Labute approximate surface area is 105 Å². The number of carbonyl (C=O) groups excluding carboxylic acids is 1. The largest absolute Gasteiger partial charge is 0.294 e. The Morgan fingerprint density at radius 2 is 2.00 bits per heavy atom. The van der Waals surface area contributed by atoms with Gasteiger partial charge in [-0.2, -0.15) is 0 Å². The SMILES string of the molecule is CC(=O)c1cc(C)cc(F)c1N=NN1CCCC1. The molecule has 1 saturated heterocycles. The summed E-state index contributed by atoms with van der Waals surface area (Å²) in [6.45, 7) is 4.83. The van der Waals surface area contributed by atoms with Crippen LogP contribution in [0.4, 0.5) is 10.1 Å². The number of hydrogen-bond donors (Lipinski definition) is 0. The molecular formula is C13H16FN3O. The second-order valence-electron chi connectivity index (χ2n) is 4.55. The van der Waals surface area contributed by atoms with Gasteiger partial charge in [-0.1, -0.05) is 5.22 Å². The first-order valence-electron chi connectivity index (χ1n) is 6.05. The normalized spacial score (nSPS) is 15.6. The maximum Gasteiger partial charge on any atom is 0.162 e. The molecule has 2 rings (SSSR count). The van der Waals surface area contributed by atoms with E-state index < -0.39 is 5.82 Å². The molecule has 4 nitrogen and oxygen atoms in total. The van der Waals surface area contributed by atoms with Gasteiger partial charge in [0.15, 0.2) is 11.6 Å². The smallest absolute Gasteiger partial charge is 0.162 e. The Hall–Kier alpha value is -1.78. The minimum absolute atomic E-state index is 0.0417. The maximum absolute atomic E-state index is 13.8. The van der Waals surface area contributed by atoms with Crippen molar-refractivity contribution in [3.8, 4) is 0 Å². The fourth-order valence-corrected chi connectivity index (χ4v) is 2.00. The molecule has 1 aromatic carbocycles. The van der Waals surface area contributed by atoms with Gasteiger partial charge >= 0.3 is 0 Å². The molecule has 0 aromatic heterocycles. The quantitative estimate of drug-likeness (QED) is 0.608. The van der Waals surface area contributed by atoms with Crippen LogP contribution in [0.25, 0.3) is 0 Å². The first kappa shape index (κ1) is 12.7. The summed E-state index contributed by atoms with van der Waals surface area (Å²) in [6, 6.07) is 3.01. The zero-order valence-corrected chi connectivity index (χ0v) is 10.6. The van der Waals surface area contributed by atoms with Gasteiger partial charge < -0.3 is 0 Å². The summed E-state index contributed by atoms with van der Waals surface area (Å²) in [6.07, 6.45) is 2.16. The first-order chi connectivity index (χ1) is 8.58. The van der Waals surface area contributed by atoms with Crippen LogP contribution < -0.4 is 0 Å². The van der Waals surface area contributed by atoms with Crippen molar-refractivity contribution in [2.45, 2.75) is 26.7 Å². The minimum Gasteiger partial charge on any atom is -0.294 e. The lowest BCUT2D eigenvalue weighted by atomic mass is 10.1. The molecule has 0 aliphatic carbocycles. The van der Waals surface area contributed by atoms with Crippen LogP contribution >= 0.6 is 0 Å². The van der Waals surface area contributed by atoms with Crippen molar-refractivity contribution in [3.05, 3.63) is 29.1 Å². The van der Waals surface area contributed by atoms with Crippen LogP contribution in [0.3, 0.4) is 0 Å². The van der Waals surface area contributed by atoms with Crippen molar-refractivity contribution in [3.63, 3.8) is 0 Å². The van der Waals surface area contributed by atoms with Gasteiger partial charge in [0.2, 0.25) is 0 Å². The molecule has 96 valence electrons. The summed E-state index contributed by atoms with van der Waals surface area (Å²) in [5.74, 6) is -0.698. The zero-order chi connectivity index (χ0) is 13.1. The zero-order valence-electron chi connectivity index (χ0n) is 10.6. The van der Waals surface area contributed by atoms with E-state index in [1.807, 2.05) is 0 Å². The predicted octanol–water partition coefficient (Wildman–Crippen LogP) is 3.43. The van der Waals surface area contributed by atoms with Crippen LogP contribution in [0.5, 0.6) is 0 Å². The number of rotatable bonds is 3. The number of nitrogens with zero attached hydrogens (tertiary/aromatic N) is 3. The second-order valence-corrected chi connectivity index (χ2v) is 4.55. The maximum atomic E-state index is 13.8. The Morgan fingerprint density at radius 3 is 2.61 bits per heavy atom. The van der Waals surface area contributed by atoms with Crippen LogP contribution in [0, 0.1) is 12.7 Å². The van der Waals surface area contributed by atoms with E-state index in [9.17, 15) is 9.18 Å².